The Labute approximate surface area is 94.1 Å². The lowest BCUT2D eigenvalue weighted by molar-refractivity contribution is 0.101. The van der Waals surface area contributed by atoms with Gasteiger partial charge in [-0.25, -0.2) is 0 Å². The first-order valence-electron chi connectivity index (χ1n) is 5.96. The molecule has 0 aromatic heterocycles. The van der Waals surface area contributed by atoms with Gasteiger partial charge in [-0.05, 0) is 53.2 Å². The standard InChI is InChI=1S/C12H26N2O/c1-12(2,6-8-15)14(4)10-11-5-7-13(3)9-11/h11,15H,5-10H2,1-4H3. The van der Waals surface area contributed by atoms with Crippen molar-refractivity contribution >= 4 is 0 Å². The third kappa shape index (κ3) is 3.74. The van der Waals surface area contributed by atoms with Gasteiger partial charge in [-0.1, -0.05) is 0 Å². The summed E-state index contributed by atoms with van der Waals surface area (Å²) in [4.78, 5) is 4.80. The molecule has 1 N–H and O–H groups in total. The maximum absolute atomic E-state index is 9.02. The Bertz CT molecular complexity index is 194. The van der Waals surface area contributed by atoms with Gasteiger partial charge in [0.1, 0.15) is 0 Å². The largest absolute Gasteiger partial charge is 0.396 e. The lowest BCUT2D eigenvalue weighted by Crippen LogP contribution is -2.44. The van der Waals surface area contributed by atoms with Gasteiger partial charge in [-0.3, -0.25) is 0 Å². The minimum Gasteiger partial charge on any atom is -0.396 e. The normalized spacial score (nSPS) is 24.0. The highest BCUT2D eigenvalue weighted by molar-refractivity contribution is 4.83. The van der Waals surface area contributed by atoms with Crippen molar-refractivity contribution in [1.82, 2.24) is 9.80 Å². The van der Waals surface area contributed by atoms with Gasteiger partial charge >= 0.3 is 0 Å². The van der Waals surface area contributed by atoms with Gasteiger partial charge in [0.05, 0.1) is 0 Å². The summed E-state index contributed by atoms with van der Waals surface area (Å²) in [7, 11) is 4.37. The smallest absolute Gasteiger partial charge is 0.0448 e. The molecule has 1 atom stereocenters. The van der Waals surface area contributed by atoms with Crippen LogP contribution in [0.5, 0.6) is 0 Å². The highest BCUT2D eigenvalue weighted by Crippen LogP contribution is 2.21. The fraction of sp³-hybridized carbons (Fsp3) is 1.00. The molecule has 0 aromatic rings. The van der Waals surface area contributed by atoms with Crippen LogP contribution in [-0.2, 0) is 0 Å². The number of aliphatic hydroxyl groups excluding tert-OH is 1. The number of nitrogens with zero attached hydrogens (tertiary/aromatic N) is 2. The predicted octanol–water partition coefficient (Wildman–Crippen LogP) is 1.03. The average molecular weight is 214 g/mol. The van der Waals surface area contributed by atoms with Crippen LogP contribution in [0.15, 0.2) is 0 Å². The lowest BCUT2D eigenvalue weighted by atomic mass is 9.97. The van der Waals surface area contributed by atoms with Gasteiger partial charge in [-0.15, -0.1) is 0 Å². The van der Waals surface area contributed by atoms with Crippen molar-refractivity contribution in [3.8, 4) is 0 Å². The van der Waals surface area contributed by atoms with Crippen LogP contribution in [0.2, 0.25) is 0 Å². The Morgan fingerprint density at radius 1 is 1.47 bits per heavy atom. The zero-order valence-electron chi connectivity index (χ0n) is 10.7. The molecule has 0 radical (unpaired) electrons. The third-order valence-electron chi connectivity index (χ3n) is 3.78. The Balaban J connectivity index is 2.37. The lowest BCUT2D eigenvalue weighted by Gasteiger charge is -2.37. The maximum Gasteiger partial charge on any atom is 0.0448 e. The molecule has 3 nitrogen and oxygen atoms in total. The fourth-order valence-corrected chi connectivity index (χ4v) is 2.27. The van der Waals surface area contributed by atoms with Gasteiger partial charge in [0.2, 0.25) is 0 Å². The van der Waals surface area contributed by atoms with Gasteiger partial charge in [0.25, 0.3) is 0 Å². The zero-order chi connectivity index (χ0) is 11.5. The van der Waals surface area contributed by atoms with E-state index < -0.39 is 0 Å². The number of hydrogen-bond acceptors (Lipinski definition) is 3. The summed E-state index contributed by atoms with van der Waals surface area (Å²) < 4.78 is 0. The van der Waals surface area contributed by atoms with Crippen molar-refractivity contribution in [1.29, 1.82) is 0 Å². The first kappa shape index (κ1) is 12.9. The SMILES string of the molecule is CN1CCC(CN(C)C(C)(C)CCO)C1. The number of aliphatic hydroxyl groups is 1. The quantitative estimate of drug-likeness (QED) is 0.740. The predicted molar refractivity (Wildman–Crippen MR) is 64.0 cm³/mol. The second kappa shape index (κ2) is 5.28. The van der Waals surface area contributed by atoms with E-state index in [0.717, 1.165) is 18.9 Å². The molecule has 90 valence electrons. The summed E-state index contributed by atoms with van der Waals surface area (Å²) in [5.41, 5.74) is 0.121. The van der Waals surface area contributed by atoms with Crippen LogP contribution in [0.25, 0.3) is 0 Å². The minimum absolute atomic E-state index is 0.121. The Morgan fingerprint density at radius 3 is 2.60 bits per heavy atom. The molecule has 0 saturated carbocycles. The molecule has 15 heavy (non-hydrogen) atoms. The average Bonchev–Trinajstić information content (AvgIpc) is 2.51. The second-order valence-corrected chi connectivity index (χ2v) is 5.58. The topological polar surface area (TPSA) is 26.7 Å². The molecule has 1 heterocycles. The van der Waals surface area contributed by atoms with E-state index in [9.17, 15) is 0 Å². The van der Waals surface area contributed by atoms with Crippen molar-refractivity contribution in [2.75, 3.05) is 40.3 Å². The van der Waals surface area contributed by atoms with E-state index in [1.807, 2.05) is 0 Å². The Hall–Kier alpha value is -0.120. The van der Waals surface area contributed by atoms with Crippen molar-refractivity contribution in [2.24, 2.45) is 5.92 Å². The first-order valence-corrected chi connectivity index (χ1v) is 5.96. The molecule has 0 bridgehead atoms. The molecule has 1 saturated heterocycles. The molecule has 1 aliphatic rings. The van der Waals surface area contributed by atoms with Crippen LogP contribution in [-0.4, -0.2) is 60.8 Å². The van der Waals surface area contributed by atoms with Gasteiger partial charge in [-0.2, -0.15) is 0 Å². The summed E-state index contributed by atoms with van der Waals surface area (Å²) in [6.07, 6.45) is 2.17. The van der Waals surface area contributed by atoms with Crippen molar-refractivity contribution in [3.05, 3.63) is 0 Å². The van der Waals surface area contributed by atoms with E-state index >= 15 is 0 Å². The van der Waals surface area contributed by atoms with Crippen LogP contribution < -0.4 is 0 Å². The Morgan fingerprint density at radius 2 is 2.13 bits per heavy atom. The number of hydrogen-bond donors (Lipinski definition) is 1. The summed E-state index contributed by atoms with van der Waals surface area (Å²) in [5, 5.41) is 9.02. The molecular weight excluding hydrogens is 188 g/mol. The van der Waals surface area contributed by atoms with Crippen molar-refractivity contribution < 1.29 is 5.11 Å². The minimum atomic E-state index is 0.121. The number of rotatable bonds is 5. The molecule has 0 aliphatic carbocycles. The van der Waals surface area contributed by atoms with E-state index in [0.29, 0.717) is 0 Å². The molecule has 1 rings (SSSR count). The van der Waals surface area contributed by atoms with Crippen molar-refractivity contribution in [2.45, 2.75) is 32.2 Å². The molecule has 0 aromatic carbocycles. The van der Waals surface area contributed by atoms with Crippen LogP contribution >= 0.6 is 0 Å². The van der Waals surface area contributed by atoms with Crippen LogP contribution in [0.3, 0.4) is 0 Å². The molecule has 0 amide bonds. The summed E-state index contributed by atoms with van der Waals surface area (Å²) in [5.74, 6) is 0.804. The molecule has 3 heteroatoms. The molecule has 0 spiro atoms. The number of likely N-dealkylation sites (tertiary alicyclic amines) is 1. The van der Waals surface area contributed by atoms with E-state index in [-0.39, 0.29) is 12.1 Å². The van der Waals surface area contributed by atoms with E-state index in [2.05, 4.69) is 37.7 Å². The fourth-order valence-electron chi connectivity index (χ4n) is 2.27. The summed E-state index contributed by atoms with van der Waals surface area (Å²) in [6, 6.07) is 0. The molecule has 1 unspecified atom stereocenters. The van der Waals surface area contributed by atoms with Crippen molar-refractivity contribution in [3.63, 3.8) is 0 Å². The van der Waals surface area contributed by atoms with E-state index in [1.165, 1.54) is 19.5 Å². The second-order valence-electron chi connectivity index (χ2n) is 5.58. The van der Waals surface area contributed by atoms with Crippen LogP contribution in [0.1, 0.15) is 26.7 Å². The third-order valence-corrected chi connectivity index (χ3v) is 3.78. The molecule has 1 fully saturated rings. The van der Waals surface area contributed by atoms with E-state index in [4.69, 9.17) is 5.11 Å². The molecular formula is C12H26N2O. The summed E-state index contributed by atoms with van der Waals surface area (Å²) in [6.45, 7) is 8.31. The summed E-state index contributed by atoms with van der Waals surface area (Å²) >= 11 is 0. The Kier molecular flexibility index (Phi) is 4.56. The van der Waals surface area contributed by atoms with Crippen LogP contribution in [0.4, 0.5) is 0 Å². The zero-order valence-corrected chi connectivity index (χ0v) is 10.7. The monoisotopic (exact) mass is 214 g/mol. The van der Waals surface area contributed by atoms with Crippen LogP contribution in [0, 0.1) is 5.92 Å². The van der Waals surface area contributed by atoms with E-state index in [1.54, 1.807) is 0 Å². The first-order chi connectivity index (χ1) is 6.95. The maximum atomic E-state index is 9.02. The highest BCUT2D eigenvalue weighted by atomic mass is 16.3. The molecule has 1 aliphatic heterocycles. The van der Waals surface area contributed by atoms with Gasteiger partial charge < -0.3 is 14.9 Å². The van der Waals surface area contributed by atoms with Gasteiger partial charge in [0, 0.05) is 25.2 Å². The highest BCUT2D eigenvalue weighted by Gasteiger charge is 2.27. The van der Waals surface area contributed by atoms with Gasteiger partial charge in [0.15, 0.2) is 0 Å².